The van der Waals surface area contributed by atoms with E-state index in [1.165, 1.54) is 0 Å². The van der Waals surface area contributed by atoms with E-state index in [1.807, 2.05) is 27.7 Å². The molecule has 0 aliphatic rings. The van der Waals surface area contributed by atoms with E-state index < -0.39 is 0 Å². The van der Waals surface area contributed by atoms with Crippen molar-refractivity contribution in [3.05, 3.63) is 0 Å². The summed E-state index contributed by atoms with van der Waals surface area (Å²) < 4.78 is 0. The first-order chi connectivity index (χ1) is 6.37. The Kier molecular flexibility index (Phi) is 5.53. The average molecular weight is 202 g/mol. The standard InChI is InChI=1S/C10H22N2O2/c1-8(2)12-9(14)11-7-10(3,4)5-6-13/h8,13H,5-7H2,1-4H3,(H2,11,12,14). The fraction of sp³-hybridized carbons (Fsp3) is 0.900. The first kappa shape index (κ1) is 13.2. The molecule has 2 amide bonds. The zero-order chi connectivity index (χ0) is 11.2. The van der Waals surface area contributed by atoms with Crippen LogP contribution in [-0.4, -0.2) is 30.3 Å². The van der Waals surface area contributed by atoms with Crippen LogP contribution in [0.15, 0.2) is 0 Å². The normalized spacial score (nSPS) is 11.6. The van der Waals surface area contributed by atoms with Crippen LogP contribution in [0.5, 0.6) is 0 Å². The monoisotopic (exact) mass is 202 g/mol. The molecule has 14 heavy (non-hydrogen) atoms. The molecule has 0 aromatic rings. The van der Waals surface area contributed by atoms with E-state index in [4.69, 9.17) is 5.11 Å². The lowest BCUT2D eigenvalue weighted by Crippen LogP contribution is -2.43. The molecule has 0 atom stereocenters. The molecule has 0 aliphatic heterocycles. The van der Waals surface area contributed by atoms with Gasteiger partial charge in [0.2, 0.25) is 0 Å². The SMILES string of the molecule is CC(C)NC(=O)NCC(C)(C)CCO. The number of urea groups is 1. The van der Waals surface area contributed by atoms with Crippen molar-refractivity contribution in [2.45, 2.75) is 40.2 Å². The van der Waals surface area contributed by atoms with Crippen LogP contribution in [0.1, 0.15) is 34.1 Å². The Morgan fingerprint density at radius 2 is 2.00 bits per heavy atom. The molecule has 0 fully saturated rings. The number of rotatable bonds is 5. The van der Waals surface area contributed by atoms with E-state index in [-0.39, 0.29) is 24.1 Å². The van der Waals surface area contributed by atoms with E-state index in [9.17, 15) is 4.79 Å². The minimum Gasteiger partial charge on any atom is -0.396 e. The smallest absolute Gasteiger partial charge is 0.315 e. The Bertz CT molecular complexity index is 179. The lowest BCUT2D eigenvalue weighted by atomic mass is 9.90. The van der Waals surface area contributed by atoms with Crippen molar-refractivity contribution in [1.82, 2.24) is 10.6 Å². The molecular formula is C10H22N2O2. The van der Waals surface area contributed by atoms with Crippen molar-refractivity contribution in [1.29, 1.82) is 0 Å². The number of amides is 2. The van der Waals surface area contributed by atoms with Gasteiger partial charge in [0, 0.05) is 19.2 Å². The summed E-state index contributed by atoms with van der Waals surface area (Å²) in [5.41, 5.74) is -0.0525. The van der Waals surface area contributed by atoms with E-state index >= 15 is 0 Å². The van der Waals surface area contributed by atoms with Gasteiger partial charge in [0.25, 0.3) is 0 Å². The van der Waals surface area contributed by atoms with E-state index in [2.05, 4.69) is 10.6 Å². The number of aliphatic hydroxyl groups excluding tert-OH is 1. The van der Waals surface area contributed by atoms with Gasteiger partial charge in [-0.15, -0.1) is 0 Å². The van der Waals surface area contributed by atoms with Crippen molar-refractivity contribution in [2.75, 3.05) is 13.2 Å². The highest BCUT2D eigenvalue weighted by atomic mass is 16.3. The molecule has 0 aliphatic carbocycles. The second-order valence-corrected chi connectivity index (χ2v) is 4.62. The topological polar surface area (TPSA) is 61.4 Å². The van der Waals surface area contributed by atoms with Crippen LogP contribution in [-0.2, 0) is 0 Å². The molecule has 0 saturated heterocycles. The fourth-order valence-corrected chi connectivity index (χ4v) is 1.02. The molecule has 0 spiro atoms. The molecule has 3 N–H and O–H groups in total. The summed E-state index contributed by atoms with van der Waals surface area (Å²) in [6.07, 6.45) is 0.689. The lowest BCUT2D eigenvalue weighted by Gasteiger charge is -2.24. The number of carbonyl (C=O) groups excluding carboxylic acids is 1. The number of hydrogen-bond acceptors (Lipinski definition) is 2. The minimum atomic E-state index is -0.147. The van der Waals surface area contributed by atoms with Gasteiger partial charge in [-0.2, -0.15) is 0 Å². The van der Waals surface area contributed by atoms with Gasteiger partial charge in [-0.1, -0.05) is 13.8 Å². The molecule has 0 bridgehead atoms. The van der Waals surface area contributed by atoms with Gasteiger partial charge in [0.05, 0.1) is 0 Å². The maximum atomic E-state index is 11.2. The van der Waals surface area contributed by atoms with Crippen molar-refractivity contribution >= 4 is 6.03 Å². The van der Waals surface area contributed by atoms with Crippen molar-refractivity contribution in [2.24, 2.45) is 5.41 Å². The molecule has 0 heterocycles. The van der Waals surface area contributed by atoms with Gasteiger partial charge in [0.1, 0.15) is 0 Å². The van der Waals surface area contributed by atoms with E-state index in [0.29, 0.717) is 13.0 Å². The number of hydrogen-bond donors (Lipinski definition) is 3. The molecule has 84 valence electrons. The predicted octanol–water partition coefficient (Wildman–Crippen LogP) is 1.10. The second kappa shape index (κ2) is 5.86. The maximum Gasteiger partial charge on any atom is 0.315 e. The number of aliphatic hydroxyl groups is 1. The summed E-state index contributed by atoms with van der Waals surface area (Å²) in [7, 11) is 0. The van der Waals surface area contributed by atoms with Crippen LogP contribution in [0.3, 0.4) is 0 Å². The minimum absolute atomic E-state index is 0.0525. The Morgan fingerprint density at radius 3 is 2.43 bits per heavy atom. The molecule has 4 heteroatoms. The third-order valence-electron chi connectivity index (χ3n) is 1.94. The average Bonchev–Trinajstić information content (AvgIpc) is 2.00. The summed E-state index contributed by atoms with van der Waals surface area (Å²) in [6, 6.07) is 0.00182. The van der Waals surface area contributed by atoms with Gasteiger partial charge in [-0.25, -0.2) is 4.79 Å². The molecule has 4 nitrogen and oxygen atoms in total. The Hall–Kier alpha value is -0.770. The van der Waals surface area contributed by atoms with Gasteiger partial charge >= 0.3 is 6.03 Å². The fourth-order valence-electron chi connectivity index (χ4n) is 1.02. The Balaban J connectivity index is 3.75. The van der Waals surface area contributed by atoms with Crippen LogP contribution < -0.4 is 10.6 Å². The van der Waals surface area contributed by atoms with Gasteiger partial charge in [0.15, 0.2) is 0 Å². The Labute approximate surface area is 86.1 Å². The first-order valence-corrected chi connectivity index (χ1v) is 5.02. The second-order valence-electron chi connectivity index (χ2n) is 4.62. The highest BCUT2D eigenvalue weighted by Gasteiger charge is 2.17. The van der Waals surface area contributed by atoms with Crippen LogP contribution >= 0.6 is 0 Å². The van der Waals surface area contributed by atoms with Crippen LogP contribution in [0.4, 0.5) is 4.79 Å². The quantitative estimate of drug-likeness (QED) is 0.625. The highest BCUT2D eigenvalue weighted by Crippen LogP contribution is 2.17. The first-order valence-electron chi connectivity index (χ1n) is 5.02. The number of nitrogens with one attached hydrogen (secondary N) is 2. The predicted molar refractivity (Wildman–Crippen MR) is 57.2 cm³/mol. The Morgan fingerprint density at radius 1 is 1.43 bits per heavy atom. The van der Waals surface area contributed by atoms with Crippen LogP contribution in [0.25, 0.3) is 0 Å². The maximum absolute atomic E-state index is 11.2. The molecule has 0 aromatic carbocycles. The third-order valence-corrected chi connectivity index (χ3v) is 1.94. The molecule has 0 unspecified atom stereocenters. The van der Waals surface area contributed by atoms with E-state index in [1.54, 1.807) is 0 Å². The molecule has 0 radical (unpaired) electrons. The van der Waals surface area contributed by atoms with Crippen molar-refractivity contribution < 1.29 is 9.90 Å². The number of carbonyl (C=O) groups is 1. The zero-order valence-corrected chi connectivity index (χ0v) is 9.55. The van der Waals surface area contributed by atoms with Gasteiger partial charge in [-0.05, 0) is 25.7 Å². The molecule has 0 aromatic heterocycles. The molecule has 0 saturated carbocycles. The van der Waals surface area contributed by atoms with Crippen molar-refractivity contribution in [3.8, 4) is 0 Å². The van der Waals surface area contributed by atoms with Crippen LogP contribution in [0, 0.1) is 5.41 Å². The summed E-state index contributed by atoms with van der Waals surface area (Å²) in [5, 5.41) is 14.3. The van der Waals surface area contributed by atoms with Gasteiger partial charge < -0.3 is 15.7 Å². The molecule has 0 rings (SSSR count). The molecular weight excluding hydrogens is 180 g/mol. The summed E-state index contributed by atoms with van der Waals surface area (Å²) in [6.45, 7) is 8.58. The van der Waals surface area contributed by atoms with Crippen molar-refractivity contribution in [3.63, 3.8) is 0 Å². The summed E-state index contributed by atoms with van der Waals surface area (Å²) >= 11 is 0. The summed E-state index contributed by atoms with van der Waals surface area (Å²) in [4.78, 5) is 11.2. The zero-order valence-electron chi connectivity index (χ0n) is 9.55. The summed E-state index contributed by atoms with van der Waals surface area (Å²) in [5.74, 6) is 0. The van der Waals surface area contributed by atoms with Crippen LogP contribution in [0.2, 0.25) is 0 Å². The highest BCUT2D eigenvalue weighted by molar-refractivity contribution is 5.74. The van der Waals surface area contributed by atoms with Gasteiger partial charge in [-0.3, -0.25) is 0 Å². The largest absolute Gasteiger partial charge is 0.396 e. The van der Waals surface area contributed by atoms with E-state index in [0.717, 1.165) is 0 Å². The third kappa shape index (κ3) is 6.71. The lowest BCUT2D eigenvalue weighted by molar-refractivity contribution is 0.200.